The van der Waals surface area contributed by atoms with E-state index in [9.17, 15) is 9.90 Å². The lowest BCUT2D eigenvalue weighted by Gasteiger charge is -2.52. The molecular formula is C27H37NO5. The van der Waals surface area contributed by atoms with Crippen LogP contribution in [0.4, 0.5) is 0 Å². The maximum absolute atomic E-state index is 13.1. The van der Waals surface area contributed by atoms with E-state index in [-0.39, 0.29) is 35.4 Å². The molecule has 0 radical (unpaired) electrons. The molecule has 1 aromatic carbocycles. The Kier molecular flexibility index (Phi) is 5.73. The normalized spacial score (nSPS) is 38.0. The van der Waals surface area contributed by atoms with Gasteiger partial charge in [-0.3, -0.25) is 9.69 Å². The van der Waals surface area contributed by atoms with E-state index < -0.39 is 6.10 Å². The number of esters is 1. The van der Waals surface area contributed by atoms with Crippen molar-refractivity contribution >= 4 is 5.97 Å². The summed E-state index contributed by atoms with van der Waals surface area (Å²) in [6.07, 6.45) is 5.29. The van der Waals surface area contributed by atoms with Gasteiger partial charge in [-0.05, 0) is 55.4 Å². The van der Waals surface area contributed by atoms with Gasteiger partial charge in [0.25, 0.3) is 0 Å². The van der Waals surface area contributed by atoms with Crippen LogP contribution in [0.1, 0.15) is 51.2 Å². The highest BCUT2D eigenvalue weighted by Gasteiger charge is 2.60. The molecular weight excluding hydrogens is 418 g/mol. The van der Waals surface area contributed by atoms with Crippen molar-refractivity contribution in [2.45, 2.75) is 71.2 Å². The van der Waals surface area contributed by atoms with Crippen molar-refractivity contribution in [2.24, 2.45) is 23.2 Å². The lowest BCUT2D eigenvalue weighted by Crippen LogP contribution is -2.55. The molecule has 4 aliphatic rings. The van der Waals surface area contributed by atoms with Crippen molar-refractivity contribution in [3.05, 3.63) is 34.9 Å². The number of aliphatic hydroxyl groups is 1. The number of carbonyl (C=O) groups excluding carboxylic acids is 1. The Labute approximate surface area is 196 Å². The third-order valence-corrected chi connectivity index (χ3v) is 9.22. The summed E-state index contributed by atoms with van der Waals surface area (Å²) >= 11 is 0. The topological polar surface area (TPSA) is 68.2 Å². The van der Waals surface area contributed by atoms with Crippen LogP contribution < -0.4 is 9.47 Å². The second-order valence-electron chi connectivity index (χ2n) is 10.8. The molecule has 7 atom stereocenters. The number of rotatable bonds is 4. The Morgan fingerprint density at radius 3 is 2.55 bits per heavy atom. The van der Waals surface area contributed by atoms with Crippen LogP contribution in [-0.2, 0) is 22.5 Å². The van der Waals surface area contributed by atoms with Crippen molar-refractivity contribution in [2.75, 3.05) is 20.8 Å². The molecule has 4 unspecified atom stereocenters. The Hall–Kier alpha value is -2.05. The van der Waals surface area contributed by atoms with Crippen molar-refractivity contribution in [1.82, 2.24) is 4.90 Å². The Balaban J connectivity index is 1.40. The number of nitrogens with zero attached hydrogens (tertiary/aromatic N) is 1. The number of fused-ring (bicyclic) bond motifs is 3. The fraction of sp³-hybridized carbons (Fsp3) is 0.667. The molecule has 0 aromatic heterocycles. The minimum absolute atomic E-state index is 0.148. The van der Waals surface area contributed by atoms with E-state index in [4.69, 9.17) is 14.2 Å². The molecule has 1 saturated heterocycles. The fourth-order valence-corrected chi connectivity index (χ4v) is 6.89. The first-order valence-corrected chi connectivity index (χ1v) is 12.3. The van der Waals surface area contributed by atoms with Gasteiger partial charge in [0.1, 0.15) is 6.10 Å². The molecule has 5 rings (SSSR count). The van der Waals surface area contributed by atoms with Crippen LogP contribution in [0, 0.1) is 23.2 Å². The van der Waals surface area contributed by atoms with E-state index in [2.05, 4.69) is 43.9 Å². The number of allylic oxidation sites excluding steroid dienone is 1. The van der Waals surface area contributed by atoms with Crippen LogP contribution in [0.2, 0.25) is 0 Å². The molecule has 0 spiro atoms. The van der Waals surface area contributed by atoms with Gasteiger partial charge in [0, 0.05) is 36.9 Å². The molecule has 180 valence electrons. The molecule has 1 aromatic rings. The number of benzene rings is 1. The first kappa shape index (κ1) is 22.7. The van der Waals surface area contributed by atoms with Crippen molar-refractivity contribution < 1.29 is 24.1 Å². The highest BCUT2D eigenvalue weighted by molar-refractivity contribution is 5.76. The monoisotopic (exact) mass is 455 g/mol. The molecule has 2 aliphatic carbocycles. The van der Waals surface area contributed by atoms with E-state index in [1.807, 2.05) is 0 Å². The van der Waals surface area contributed by atoms with Crippen LogP contribution in [0.5, 0.6) is 11.5 Å². The minimum atomic E-state index is -0.564. The molecule has 6 heteroatoms. The number of ether oxygens (including phenoxy) is 3. The third kappa shape index (κ3) is 3.48. The summed E-state index contributed by atoms with van der Waals surface area (Å²) in [4.78, 5) is 15.4. The highest BCUT2D eigenvalue weighted by Crippen LogP contribution is 2.56. The molecule has 33 heavy (non-hydrogen) atoms. The van der Waals surface area contributed by atoms with Gasteiger partial charge in [0.05, 0.1) is 26.2 Å². The van der Waals surface area contributed by atoms with Crippen molar-refractivity contribution in [3.8, 4) is 11.5 Å². The summed E-state index contributed by atoms with van der Waals surface area (Å²) in [5.41, 5.74) is 3.48. The predicted octanol–water partition coefficient (Wildman–Crippen LogP) is 3.74. The van der Waals surface area contributed by atoms with Gasteiger partial charge in [0.2, 0.25) is 0 Å². The van der Waals surface area contributed by atoms with Gasteiger partial charge in [-0.1, -0.05) is 25.5 Å². The number of hydrogen-bond donors (Lipinski definition) is 1. The second kappa shape index (κ2) is 8.31. The first-order valence-electron chi connectivity index (χ1n) is 12.3. The van der Waals surface area contributed by atoms with Crippen LogP contribution >= 0.6 is 0 Å². The number of hydrogen-bond acceptors (Lipinski definition) is 6. The zero-order chi connectivity index (χ0) is 23.5. The Bertz CT molecular complexity index is 974. The molecule has 2 aliphatic heterocycles. The van der Waals surface area contributed by atoms with Crippen LogP contribution in [-0.4, -0.2) is 55.0 Å². The van der Waals surface area contributed by atoms with Gasteiger partial charge in [-0.25, -0.2) is 0 Å². The molecule has 2 fully saturated rings. The van der Waals surface area contributed by atoms with Crippen LogP contribution in [0.3, 0.4) is 0 Å². The van der Waals surface area contributed by atoms with Crippen molar-refractivity contribution in [3.63, 3.8) is 0 Å². The Morgan fingerprint density at radius 1 is 1.15 bits per heavy atom. The van der Waals surface area contributed by atoms with Gasteiger partial charge >= 0.3 is 5.97 Å². The van der Waals surface area contributed by atoms with E-state index in [1.54, 1.807) is 14.2 Å². The van der Waals surface area contributed by atoms with Gasteiger partial charge in [0.15, 0.2) is 11.5 Å². The molecule has 1 N–H and O–H groups in total. The lowest BCUT2D eigenvalue weighted by molar-refractivity contribution is -0.145. The third-order valence-electron chi connectivity index (χ3n) is 9.22. The van der Waals surface area contributed by atoms with Gasteiger partial charge in [-0.2, -0.15) is 0 Å². The van der Waals surface area contributed by atoms with Gasteiger partial charge in [-0.15, -0.1) is 0 Å². The summed E-state index contributed by atoms with van der Waals surface area (Å²) in [6.45, 7) is 8.00. The molecule has 1 saturated carbocycles. The zero-order valence-electron chi connectivity index (χ0n) is 20.5. The minimum Gasteiger partial charge on any atom is -0.493 e. The predicted molar refractivity (Wildman–Crippen MR) is 125 cm³/mol. The zero-order valence-corrected chi connectivity index (χ0v) is 20.5. The maximum Gasteiger partial charge on any atom is 0.311 e. The second-order valence-corrected chi connectivity index (χ2v) is 10.8. The number of carbonyl (C=O) groups is 1. The fourth-order valence-electron chi connectivity index (χ4n) is 6.89. The van der Waals surface area contributed by atoms with E-state index >= 15 is 0 Å². The largest absolute Gasteiger partial charge is 0.493 e. The molecule has 6 nitrogen and oxygen atoms in total. The summed E-state index contributed by atoms with van der Waals surface area (Å²) < 4.78 is 16.9. The maximum atomic E-state index is 13.1. The van der Waals surface area contributed by atoms with Crippen molar-refractivity contribution in [1.29, 1.82) is 0 Å². The summed E-state index contributed by atoms with van der Waals surface area (Å²) in [6, 6.07) is 4.41. The highest BCUT2D eigenvalue weighted by atomic mass is 16.6. The quantitative estimate of drug-likeness (QED) is 0.551. The SMILES string of the molecule is COc1cc2c(cc1OC)CN(CC1C(=O)O[C@@H]3CC4=CCCC(C)[C@@]4(C)C(O)[C@H]13)C(C)C2. The molecule has 2 heterocycles. The van der Waals surface area contributed by atoms with E-state index in [0.717, 1.165) is 43.7 Å². The summed E-state index contributed by atoms with van der Waals surface area (Å²) in [7, 11) is 3.32. The standard InChI is InChI=1S/C27H37NO5/c1-15-7-6-8-19-12-23-24(25(29)27(15,19)3)20(26(30)33-23)14-28-13-18-11-22(32-5)21(31-4)10-17(18)9-16(28)2/h8,10-11,15-16,20,23-25,29H,6-7,9,12-14H2,1-5H3/t15?,16?,20?,23-,24-,25?,27-/m1/s1. The van der Waals surface area contributed by atoms with Gasteiger partial charge < -0.3 is 19.3 Å². The average molecular weight is 456 g/mol. The van der Waals surface area contributed by atoms with E-state index in [1.165, 1.54) is 16.7 Å². The summed E-state index contributed by atoms with van der Waals surface area (Å²) in [5.74, 6) is 1.27. The average Bonchev–Trinajstić information content (AvgIpc) is 3.10. The van der Waals surface area contributed by atoms with Crippen LogP contribution in [0.15, 0.2) is 23.8 Å². The van der Waals surface area contributed by atoms with Crippen LogP contribution in [0.25, 0.3) is 0 Å². The molecule has 0 amide bonds. The first-order chi connectivity index (χ1) is 15.8. The number of aliphatic hydroxyl groups excluding tert-OH is 1. The smallest absolute Gasteiger partial charge is 0.311 e. The number of methoxy groups -OCH3 is 2. The Morgan fingerprint density at radius 2 is 1.85 bits per heavy atom. The summed E-state index contributed by atoms with van der Waals surface area (Å²) in [5, 5.41) is 11.6. The lowest BCUT2D eigenvalue weighted by atomic mass is 9.55. The molecule has 0 bridgehead atoms. The van der Waals surface area contributed by atoms with E-state index in [0.29, 0.717) is 12.5 Å².